The Hall–Kier alpha value is -2.76. The maximum Gasteiger partial charge on any atom is 0.274 e. The van der Waals surface area contributed by atoms with Crippen molar-refractivity contribution in [1.82, 2.24) is 4.98 Å². The van der Waals surface area contributed by atoms with Crippen molar-refractivity contribution in [3.63, 3.8) is 0 Å². The molecule has 1 aromatic heterocycles. The summed E-state index contributed by atoms with van der Waals surface area (Å²) < 4.78 is 11.0. The second kappa shape index (κ2) is 8.92. The highest BCUT2D eigenvalue weighted by molar-refractivity contribution is 6.03. The Morgan fingerprint density at radius 2 is 2.04 bits per heavy atom. The number of unbranched alkanes of at least 4 members (excludes halogenated alkanes) is 1. The number of pyridine rings is 1. The van der Waals surface area contributed by atoms with Crippen molar-refractivity contribution in [2.75, 3.05) is 38.0 Å². The van der Waals surface area contributed by atoms with E-state index in [4.69, 9.17) is 9.47 Å². The lowest BCUT2D eigenvalue weighted by molar-refractivity contribution is 0.102. The van der Waals surface area contributed by atoms with Crippen LogP contribution in [0.3, 0.4) is 0 Å². The van der Waals surface area contributed by atoms with E-state index in [1.165, 1.54) is 0 Å². The van der Waals surface area contributed by atoms with Crippen LogP contribution in [0.1, 0.15) is 30.3 Å². The number of nitrogens with one attached hydrogen (secondary N) is 1. The molecule has 0 atom stereocenters. The third-order valence-electron chi connectivity index (χ3n) is 3.69. The number of aromatic nitrogens is 1. The molecule has 6 heteroatoms. The van der Waals surface area contributed by atoms with Crippen molar-refractivity contribution in [3.8, 4) is 11.5 Å². The van der Waals surface area contributed by atoms with Gasteiger partial charge in [-0.25, -0.2) is 4.98 Å². The number of methoxy groups -OCH3 is 1. The summed E-state index contributed by atoms with van der Waals surface area (Å²) in [7, 11) is 5.43. The molecule has 0 fully saturated rings. The van der Waals surface area contributed by atoms with Crippen molar-refractivity contribution < 1.29 is 14.3 Å². The fourth-order valence-electron chi connectivity index (χ4n) is 2.16. The van der Waals surface area contributed by atoms with Crippen molar-refractivity contribution >= 4 is 17.3 Å². The molecule has 0 saturated heterocycles. The number of hydrogen-bond donors (Lipinski definition) is 1. The van der Waals surface area contributed by atoms with E-state index in [-0.39, 0.29) is 5.91 Å². The minimum absolute atomic E-state index is 0.293. The zero-order valence-corrected chi connectivity index (χ0v) is 15.2. The molecule has 2 aromatic rings. The maximum atomic E-state index is 12.5. The van der Waals surface area contributed by atoms with Crippen LogP contribution in [0.4, 0.5) is 11.4 Å². The fraction of sp³-hybridized carbons (Fsp3) is 0.368. The molecule has 0 saturated carbocycles. The Morgan fingerprint density at radius 1 is 1.24 bits per heavy atom. The Bertz CT molecular complexity index is 700. The lowest BCUT2D eigenvalue weighted by Gasteiger charge is -2.14. The Morgan fingerprint density at radius 3 is 2.64 bits per heavy atom. The van der Waals surface area contributed by atoms with Crippen molar-refractivity contribution in [2.45, 2.75) is 19.8 Å². The summed E-state index contributed by atoms with van der Waals surface area (Å²) in [6.45, 7) is 2.70. The molecule has 1 amide bonds. The number of carbonyl (C=O) groups excluding carboxylic acids is 1. The van der Waals surface area contributed by atoms with Gasteiger partial charge in [-0.3, -0.25) is 4.79 Å². The molecule has 2 rings (SSSR count). The first kappa shape index (κ1) is 18.6. The van der Waals surface area contributed by atoms with Gasteiger partial charge in [0.2, 0.25) is 0 Å². The summed E-state index contributed by atoms with van der Waals surface area (Å²) in [6, 6.07) is 8.90. The molecule has 1 heterocycles. The highest BCUT2D eigenvalue weighted by Crippen LogP contribution is 2.30. The van der Waals surface area contributed by atoms with Crippen LogP contribution >= 0.6 is 0 Å². The SMILES string of the molecule is CCCCOc1ccc(OC)cc1NC(=O)c1ccc(N(C)C)cn1. The molecule has 1 N–H and O–H groups in total. The van der Waals surface area contributed by atoms with Crippen molar-refractivity contribution in [1.29, 1.82) is 0 Å². The van der Waals surface area contributed by atoms with Crippen LogP contribution in [0.15, 0.2) is 36.5 Å². The van der Waals surface area contributed by atoms with Crippen LogP contribution in [-0.4, -0.2) is 38.7 Å². The molecule has 0 aliphatic rings. The Kier molecular flexibility index (Phi) is 6.62. The van der Waals surface area contributed by atoms with Gasteiger partial charge in [-0.05, 0) is 30.7 Å². The molecule has 0 spiro atoms. The minimum atomic E-state index is -0.293. The van der Waals surface area contributed by atoms with E-state index in [0.717, 1.165) is 18.5 Å². The molecule has 0 aliphatic heterocycles. The summed E-state index contributed by atoms with van der Waals surface area (Å²) in [5.74, 6) is 0.973. The molecule has 1 aromatic carbocycles. The number of amides is 1. The Labute approximate surface area is 148 Å². The van der Waals surface area contributed by atoms with E-state index in [0.29, 0.717) is 29.5 Å². The van der Waals surface area contributed by atoms with Crippen LogP contribution in [0.25, 0.3) is 0 Å². The van der Waals surface area contributed by atoms with Gasteiger partial charge >= 0.3 is 0 Å². The van der Waals surface area contributed by atoms with Gasteiger partial charge in [0.1, 0.15) is 17.2 Å². The Balaban J connectivity index is 2.17. The third-order valence-corrected chi connectivity index (χ3v) is 3.69. The fourth-order valence-corrected chi connectivity index (χ4v) is 2.16. The molecule has 6 nitrogen and oxygen atoms in total. The third kappa shape index (κ3) is 5.11. The molecule has 25 heavy (non-hydrogen) atoms. The number of nitrogens with zero attached hydrogens (tertiary/aromatic N) is 2. The van der Waals surface area contributed by atoms with Gasteiger partial charge in [-0.1, -0.05) is 13.3 Å². The number of anilines is 2. The van der Waals surface area contributed by atoms with E-state index in [9.17, 15) is 4.79 Å². The van der Waals surface area contributed by atoms with E-state index < -0.39 is 0 Å². The molecule has 0 unspecified atom stereocenters. The van der Waals surface area contributed by atoms with Crippen molar-refractivity contribution in [2.24, 2.45) is 0 Å². The first-order valence-electron chi connectivity index (χ1n) is 8.30. The number of carbonyl (C=O) groups is 1. The molecular formula is C19H25N3O3. The van der Waals surface area contributed by atoms with E-state index in [1.54, 1.807) is 37.6 Å². The van der Waals surface area contributed by atoms with Crippen LogP contribution in [0.2, 0.25) is 0 Å². The van der Waals surface area contributed by atoms with Gasteiger partial charge in [-0.2, -0.15) is 0 Å². The molecule has 0 aliphatic carbocycles. The average molecular weight is 343 g/mol. The number of hydrogen-bond acceptors (Lipinski definition) is 5. The predicted octanol–water partition coefficient (Wildman–Crippen LogP) is 3.59. The first-order valence-corrected chi connectivity index (χ1v) is 8.30. The van der Waals surface area contributed by atoms with E-state index >= 15 is 0 Å². The van der Waals surface area contributed by atoms with Gasteiger partial charge in [0.25, 0.3) is 5.91 Å². The average Bonchev–Trinajstić information content (AvgIpc) is 2.63. The smallest absolute Gasteiger partial charge is 0.274 e. The van der Waals surface area contributed by atoms with Crippen LogP contribution < -0.4 is 19.7 Å². The highest BCUT2D eigenvalue weighted by Gasteiger charge is 2.13. The summed E-state index contributed by atoms with van der Waals surface area (Å²) in [5.41, 5.74) is 1.84. The lowest BCUT2D eigenvalue weighted by atomic mass is 10.2. The zero-order valence-electron chi connectivity index (χ0n) is 15.2. The van der Waals surface area contributed by atoms with Gasteiger partial charge in [0.05, 0.1) is 31.3 Å². The van der Waals surface area contributed by atoms with Gasteiger partial charge < -0.3 is 19.7 Å². The summed E-state index contributed by atoms with van der Waals surface area (Å²) in [6.07, 6.45) is 3.66. The summed E-state index contributed by atoms with van der Waals surface area (Å²) in [4.78, 5) is 18.6. The van der Waals surface area contributed by atoms with Gasteiger partial charge in [-0.15, -0.1) is 0 Å². The predicted molar refractivity (Wildman–Crippen MR) is 99.9 cm³/mol. The zero-order chi connectivity index (χ0) is 18.2. The lowest BCUT2D eigenvalue weighted by Crippen LogP contribution is -2.16. The second-order valence-electron chi connectivity index (χ2n) is 5.81. The molecule has 0 radical (unpaired) electrons. The van der Waals surface area contributed by atoms with Gasteiger partial charge in [0, 0.05) is 20.2 Å². The van der Waals surface area contributed by atoms with Crippen molar-refractivity contribution in [3.05, 3.63) is 42.2 Å². The standard InChI is InChI=1S/C19H25N3O3/c1-5-6-11-25-18-10-8-15(24-4)12-17(18)21-19(23)16-9-7-14(13-20-16)22(2)3/h7-10,12-13H,5-6,11H2,1-4H3,(H,21,23). The highest BCUT2D eigenvalue weighted by atomic mass is 16.5. The topological polar surface area (TPSA) is 63.7 Å². The summed E-state index contributed by atoms with van der Waals surface area (Å²) >= 11 is 0. The van der Waals surface area contributed by atoms with Crippen LogP contribution in [-0.2, 0) is 0 Å². The molecule has 134 valence electrons. The second-order valence-corrected chi connectivity index (χ2v) is 5.81. The quantitative estimate of drug-likeness (QED) is 0.742. The number of benzene rings is 1. The largest absolute Gasteiger partial charge is 0.497 e. The van der Waals surface area contributed by atoms with Crippen LogP contribution in [0, 0.1) is 0 Å². The van der Waals surface area contributed by atoms with E-state index in [2.05, 4.69) is 17.2 Å². The first-order chi connectivity index (χ1) is 12.0. The summed E-state index contributed by atoms with van der Waals surface area (Å²) in [5, 5.41) is 2.86. The maximum absolute atomic E-state index is 12.5. The van der Waals surface area contributed by atoms with Gasteiger partial charge in [0.15, 0.2) is 0 Å². The molecule has 0 bridgehead atoms. The minimum Gasteiger partial charge on any atom is -0.497 e. The molecular weight excluding hydrogens is 318 g/mol. The van der Waals surface area contributed by atoms with E-state index in [1.807, 2.05) is 25.1 Å². The monoisotopic (exact) mass is 343 g/mol. The number of ether oxygens (including phenoxy) is 2. The number of rotatable bonds is 8. The van der Waals surface area contributed by atoms with Crippen LogP contribution in [0.5, 0.6) is 11.5 Å². The normalized spacial score (nSPS) is 10.2.